The molecular weight excluding hydrogens is 340 g/mol. The monoisotopic (exact) mass is 362 g/mol. The van der Waals surface area contributed by atoms with E-state index in [1.807, 2.05) is 4.90 Å². The van der Waals surface area contributed by atoms with Gasteiger partial charge in [-0.2, -0.15) is 0 Å². The minimum Gasteiger partial charge on any atom is -0.480 e. The number of ether oxygens (including phenoxy) is 1. The second-order valence-electron chi connectivity index (χ2n) is 6.95. The summed E-state index contributed by atoms with van der Waals surface area (Å²) in [5.74, 6) is 0.464. The molecular formula is C17H22N4O3S. The van der Waals surface area contributed by atoms with Gasteiger partial charge < -0.3 is 14.7 Å². The van der Waals surface area contributed by atoms with Crippen molar-refractivity contribution in [1.82, 2.24) is 14.9 Å². The highest BCUT2D eigenvalue weighted by Gasteiger charge is 2.35. The average molecular weight is 362 g/mol. The SMILES string of the molecule is Cc1sc2ncnc(N3C[C@@H]4COC[C@H](C3)N(CC(=O)O)C4)c2c1C. The Morgan fingerprint density at radius 2 is 2.16 bits per heavy atom. The number of aromatic nitrogens is 2. The zero-order valence-corrected chi connectivity index (χ0v) is 15.3. The summed E-state index contributed by atoms with van der Waals surface area (Å²) in [5, 5.41) is 10.4. The first-order valence-corrected chi connectivity index (χ1v) is 9.33. The zero-order valence-electron chi connectivity index (χ0n) is 14.4. The van der Waals surface area contributed by atoms with Gasteiger partial charge in [0.15, 0.2) is 0 Å². The molecule has 134 valence electrons. The van der Waals surface area contributed by atoms with Crippen LogP contribution in [0.2, 0.25) is 0 Å². The van der Waals surface area contributed by atoms with E-state index in [-0.39, 0.29) is 18.5 Å². The van der Waals surface area contributed by atoms with Crippen molar-refractivity contribution >= 4 is 33.3 Å². The number of carbonyl (C=O) groups is 1. The number of aliphatic carboxylic acids is 1. The van der Waals surface area contributed by atoms with Crippen molar-refractivity contribution in [3.8, 4) is 0 Å². The van der Waals surface area contributed by atoms with E-state index in [1.54, 1.807) is 17.7 Å². The fraction of sp³-hybridized carbons (Fsp3) is 0.588. The minimum absolute atomic E-state index is 0.0636. The number of carboxylic acid groups (broad SMARTS) is 1. The molecule has 0 unspecified atom stereocenters. The van der Waals surface area contributed by atoms with Crippen LogP contribution in [-0.4, -0.2) is 71.4 Å². The van der Waals surface area contributed by atoms with Gasteiger partial charge in [0.2, 0.25) is 0 Å². The maximum Gasteiger partial charge on any atom is 0.317 e. The molecule has 0 spiro atoms. The summed E-state index contributed by atoms with van der Waals surface area (Å²) >= 11 is 1.70. The van der Waals surface area contributed by atoms with Crippen molar-refractivity contribution in [3.63, 3.8) is 0 Å². The minimum atomic E-state index is -0.784. The molecule has 2 aromatic heterocycles. The summed E-state index contributed by atoms with van der Waals surface area (Å²) < 4.78 is 5.78. The van der Waals surface area contributed by atoms with Crippen LogP contribution in [0.1, 0.15) is 10.4 Å². The first-order chi connectivity index (χ1) is 12.0. The first-order valence-electron chi connectivity index (χ1n) is 8.52. The highest BCUT2D eigenvalue weighted by molar-refractivity contribution is 7.18. The Balaban J connectivity index is 1.71. The topological polar surface area (TPSA) is 78.8 Å². The molecule has 25 heavy (non-hydrogen) atoms. The lowest BCUT2D eigenvalue weighted by molar-refractivity contribution is -0.138. The van der Waals surface area contributed by atoms with Gasteiger partial charge in [-0.15, -0.1) is 11.3 Å². The Bertz CT molecular complexity index is 809. The number of carboxylic acids is 1. The summed E-state index contributed by atoms with van der Waals surface area (Å²) in [6.07, 6.45) is 1.64. The van der Waals surface area contributed by atoms with Crippen molar-refractivity contribution in [3.05, 3.63) is 16.8 Å². The fourth-order valence-electron chi connectivity index (χ4n) is 3.87. The van der Waals surface area contributed by atoms with E-state index in [4.69, 9.17) is 4.74 Å². The van der Waals surface area contributed by atoms with Gasteiger partial charge in [-0.3, -0.25) is 9.69 Å². The molecule has 4 rings (SSSR count). The van der Waals surface area contributed by atoms with Crippen LogP contribution in [0.5, 0.6) is 0 Å². The molecule has 0 radical (unpaired) electrons. The Kier molecular flexibility index (Phi) is 4.35. The normalized spacial score (nSPS) is 24.5. The molecule has 4 heterocycles. The number of fused-ring (bicyclic) bond motifs is 4. The molecule has 2 fully saturated rings. The van der Waals surface area contributed by atoms with E-state index in [2.05, 4.69) is 28.7 Å². The smallest absolute Gasteiger partial charge is 0.317 e. The number of anilines is 1. The maximum atomic E-state index is 11.2. The number of nitrogens with zero attached hydrogens (tertiary/aromatic N) is 4. The Morgan fingerprint density at radius 3 is 2.96 bits per heavy atom. The first kappa shape index (κ1) is 16.7. The number of thiophene rings is 1. The summed E-state index contributed by atoms with van der Waals surface area (Å²) in [4.78, 5) is 26.9. The Hall–Kier alpha value is -1.77. The molecule has 2 aliphatic heterocycles. The molecule has 7 nitrogen and oxygen atoms in total. The van der Waals surface area contributed by atoms with Crippen LogP contribution in [0.4, 0.5) is 5.82 Å². The van der Waals surface area contributed by atoms with Gasteiger partial charge in [0.25, 0.3) is 0 Å². The average Bonchev–Trinajstić information content (AvgIpc) is 2.69. The van der Waals surface area contributed by atoms with E-state index in [9.17, 15) is 9.90 Å². The van der Waals surface area contributed by atoms with Crippen molar-refractivity contribution in [1.29, 1.82) is 0 Å². The maximum absolute atomic E-state index is 11.2. The summed E-state index contributed by atoms with van der Waals surface area (Å²) in [6, 6.07) is 0.0636. The highest BCUT2D eigenvalue weighted by atomic mass is 32.1. The molecule has 0 saturated carbocycles. The van der Waals surface area contributed by atoms with Crippen molar-refractivity contribution in [2.24, 2.45) is 5.92 Å². The Morgan fingerprint density at radius 1 is 1.32 bits per heavy atom. The quantitative estimate of drug-likeness (QED) is 0.887. The van der Waals surface area contributed by atoms with Crippen LogP contribution < -0.4 is 4.90 Å². The van der Waals surface area contributed by atoms with Crippen LogP contribution in [0.25, 0.3) is 10.2 Å². The van der Waals surface area contributed by atoms with Gasteiger partial charge in [-0.1, -0.05) is 0 Å². The molecule has 8 heteroatoms. The van der Waals surface area contributed by atoms with Crippen LogP contribution >= 0.6 is 11.3 Å². The van der Waals surface area contributed by atoms with E-state index in [0.29, 0.717) is 13.2 Å². The van der Waals surface area contributed by atoms with Crippen molar-refractivity contribution < 1.29 is 14.6 Å². The van der Waals surface area contributed by atoms with Gasteiger partial charge >= 0.3 is 5.97 Å². The van der Waals surface area contributed by atoms with E-state index in [1.165, 1.54) is 10.4 Å². The lowest BCUT2D eigenvalue weighted by Crippen LogP contribution is -2.46. The summed E-state index contributed by atoms with van der Waals surface area (Å²) in [7, 11) is 0. The number of aryl methyl sites for hydroxylation is 2. The highest BCUT2D eigenvalue weighted by Crippen LogP contribution is 2.35. The largest absolute Gasteiger partial charge is 0.480 e. The molecule has 2 aliphatic rings. The standard InChI is InChI=1S/C17H22N4O3S/c1-10-11(2)25-17-15(10)16(18-9-19-17)21-4-12-3-20(6-14(22)23)13(5-21)8-24-7-12/h9,12-13H,3-8H2,1-2H3,(H,22,23)/t12-,13+/m1/s1. The van der Waals surface area contributed by atoms with Crippen molar-refractivity contribution in [2.75, 3.05) is 44.3 Å². The number of hydrogen-bond acceptors (Lipinski definition) is 7. The third-order valence-electron chi connectivity index (χ3n) is 5.17. The molecule has 0 aromatic carbocycles. The van der Waals surface area contributed by atoms with Gasteiger partial charge in [0, 0.05) is 30.4 Å². The van der Waals surface area contributed by atoms with Gasteiger partial charge in [-0.05, 0) is 19.4 Å². The molecule has 2 bridgehead atoms. The molecule has 0 amide bonds. The van der Waals surface area contributed by atoms with Gasteiger partial charge in [0.1, 0.15) is 17.0 Å². The zero-order chi connectivity index (χ0) is 17.6. The lowest BCUT2D eigenvalue weighted by atomic mass is 10.1. The van der Waals surface area contributed by atoms with Crippen molar-refractivity contribution in [2.45, 2.75) is 19.9 Å². The lowest BCUT2D eigenvalue weighted by Gasteiger charge is -2.31. The summed E-state index contributed by atoms with van der Waals surface area (Å²) in [6.45, 7) is 7.84. The van der Waals surface area contributed by atoms with E-state index >= 15 is 0 Å². The number of rotatable bonds is 3. The predicted molar refractivity (Wildman–Crippen MR) is 96.4 cm³/mol. The second-order valence-corrected chi connectivity index (χ2v) is 8.15. The van der Waals surface area contributed by atoms with Crippen LogP contribution in [0, 0.1) is 19.8 Å². The summed E-state index contributed by atoms with van der Waals surface area (Å²) in [5.41, 5.74) is 1.24. The molecule has 2 saturated heterocycles. The third kappa shape index (κ3) is 3.09. The van der Waals surface area contributed by atoms with Crippen LogP contribution in [0.15, 0.2) is 6.33 Å². The molecule has 2 atom stereocenters. The van der Waals surface area contributed by atoms with Crippen LogP contribution in [-0.2, 0) is 9.53 Å². The van der Waals surface area contributed by atoms with Crippen LogP contribution in [0.3, 0.4) is 0 Å². The van der Waals surface area contributed by atoms with Gasteiger partial charge in [-0.25, -0.2) is 9.97 Å². The number of hydrogen-bond donors (Lipinski definition) is 1. The third-order valence-corrected chi connectivity index (χ3v) is 6.28. The fourth-order valence-corrected chi connectivity index (χ4v) is 4.86. The van der Waals surface area contributed by atoms with Gasteiger partial charge in [0.05, 0.1) is 31.2 Å². The van der Waals surface area contributed by atoms with E-state index in [0.717, 1.165) is 35.7 Å². The molecule has 2 aromatic rings. The molecule has 1 N–H and O–H groups in total. The van der Waals surface area contributed by atoms with E-state index < -0.39 is 5.97 Å². The Labute approximate surface area is 150 Å². The predicted octanol–water partition coefficient (Wildman–Crippen LogP) is 1.53. The molecule has 0 aliphatic carbocycles. The second kappa shape index (κ2) is 6.51.